The van der Waals surface area contributed by atoms with E-state index in [9.17, 15) is 13.2 Å². The van der Waals surface area contributed by atoms with Gasteiger partial charge in [-0.05, 0) is 60.4 Å². The Morgan fingerprint density at radius 3 is 2.36 bits per heavy atom. The number of carboxylic acids is 1. The minimum Gasteiger partial charge on any atom is -0.493 e. The highest BCUT2D eigenvalue weighted by Crippen LogP contribution is 2.41. The van der Waals surface area contributed by atoms with Crippen molar-refractivity contribution >= 4 is 15.8 Å². The molecule has 1 heterocycles. The maximum atomic E-state index is 11.3. The number of aryl methyl sites for hydroxylation is 1. The molecule has 8 nitrogen and oxygen atoms in total. The molecule has 0 fully saturated rings. The topological polar surface area (TPSA) is 108 Å². The third-order valence-electron chi connectivity index (χ3n) is 5.60. The molecule has 0 saturated carbocycles. The normalized spacial score (nSPS) is 12.4. The van der Waals surface area contributed by atoms with Crippen LogP contribution in [0.2, 0.25) is 0 Å². The summed E-state index contributed by atoms with van der Waals surface area (Å²) in [7, 11) is -3.02. The van der Waals surface area contributed by atoms with Gasteiger partial charge in [-0.2, -0.15) is 0 Å². The number of fused-ring (bicyclic) bond motifs is 3. The molecule has 4 rings (SSSR count). The molecule has 3 aromatic rings. The smallest absolute Gasteiger partial charge is 0.303 e. The van der Waals surface area contributed by atoms with Crippen LogP contribution in [0.15, 0.2) is 60.7 Å². The summed E-state index contributed by atoms with van der Waals surface area (Å²) in [6, 6.07) is 18.7. The summed E-state index contributed by atoms with van der Waals surface area (Å²) in [5.74, 6) is 1.86. The van der Waals surface area contributed by atoms with E-state index in [1.807, 2.05) is 54.6 Å². The van der Waals surface area contributed by atoms with Crippen LogP contribution in [0.3, 0.4) is 0 Å². The van der Waals surface area contributed by atoms with Gasteiger partial charge in [0, 0.05) is 29.9 Å². The van der Waals surface area contributed by atoms with E-state index in [0.717, 1.165) is 22.3 Å². The largest absolute Gasteiger partial charge is 0.493 e. The Morgan fingerprint density at radius 1 is 0.889 bits per heavy atom. The van der Waals surface area contributed by atoms with Crippen LogP contribution >= 0.6 is 0 Å². The van der Waals surface area contributed by atoms with Gasteiger partial charge >= 0.3 is 5.97 Å². The van der Waals surface area contributed by atoms with Crippen molar-refractivity contribution in [2.75, 3.05) is 25.4 Å². The zero-order valence-electron chi connectivity index (χ0n) is 19.9. The molecule has 0 bridgehead atoms. The molecule has 1 aliphatic rings. The average molecular weight is 513 g/mol. The van der Waals surface area contributed by atoms with Crippen LogP contribution in [0.4, 0.5) is 0 Å². The predicted molar refractivity (Wildman–Crippen MR) is 135 cm³/mol. The van der Waals surface area contributed by atoms with Crippen molar-refractivity contribution in [1.82, 2.24) is 0 Å². The van der Waals surface area contributed by atoms with Gasteiger partial charge in [-0.25, -0.2) is 8.42 Å². The van der Waals surface area contributed by atoms with Crippen molar-refractivity contribution in [3.63, 3.8) is 0 Å². The van der Waals surface area contributed by atoms with Gasteiger partial charge in [-0.15, -0.1) is 0 Å². The molecule has 36 heavy (non-hydrogen) atoms. The first-order valence-electron chi connectivity index (χ1n) is 11.5. The van der Waals surface area contributed by atoms with Crippen LogP contribution in [0.25, 0.3) is 11.1 Å². The number of ether oxygens (including phenoxy) is 4. The maximum Gasteiger partial charge on any atom is 0.303 e. The molecular formula is C27H28O8S. The molecule has 1 N–H and O–H groups in total. The van der Waals surface area contributed by atoms with Gasteiger partial charge < -0.3 is 24.1 Å². The van der Waals surface area contributed by atoms with E-state index < -0.39 is 15.8 Å². The molecule has 190 valence electrons. The van der Waals surface area contributed by atoms with Crippen molar-refractivity contribution < 1.29 is 37.3 Å². The van der Waals surface area contributed by atoms with E-state index in [1.165, 1.54) is 6.26 Å². The standard InChI is InChI=1S/C27H28O8S/c1-36(30,31)14-2-13-32-22-9-10-23-24-15-20(5-11-25(24)34-18-35-26(23)16-22)17-33-21-7-3-19(4-8-21)6-12-27(28)29/h3-5,7-11,15-16H,2,6,12-14,17-18H2,1H3,(H,28,29). The van der Waals surface area contributed by atoms with Crippen LogP contribution < -0.4 is 18.9 Å². The molecule has 1 aliphatic heterocycles. The first-order valence-corrected chi connectivity index (χ1v) is 13.6. The number of sulfone groups is 1. The van der Waals surface area contributed by atoms with Crippen LogP contribution in [0.1, 0.15) is 24.0 Å². The van der Waals surface area contributed by atoms with Gasteiger partial charge in [0.2, 0.25) is 6.79 Å². The third kappa shape index (κ3) is 7.14. The average Bonchev–Trinajstić information content (AvgIpc) is 3.02. The number of carbonyl (C=O) groups is 1. The Bertz CT molecular complexity index is 1320. The summed E-state index contributed by atoms with van der Waals surface area (Å²) in [5, 5.41) is 8.82. The van der Waals surface area contributed by atoms with Crippen molar-refractivity contribution in [2.24, 2.45) is 0 Å². The monoisotopic (exact) mass is 512 g/mol. The molecule has 3 aromatic carbocycles. The lowest BCUT2D eigenvalue weighted by molar-refractivity contribution is -0.136. The van der Waals surface area contributed by atoms with Crippen molar-refractivity contribution in [3.8, 4) is 34.1 Å². The number of rotatable bonds is 11. The van der Waals surface area contributed by atoms with Gasteiger partial charge in [0.1, 0.15) is 39.4 Å². The summed E-state index contributed by atoms with van der Waals surface area (Å²) >= 11 is 0. The van der Waals surface area contributed by atoms with Gasteiger partial charge in [0.15, 0.2) is 0 Å². The molecule has 0 amide bonds. The Hall–Kier alpha value is -3.72. The second-order valence-electron chi connectivity index (χ2n) is 8.55. The number of carboxylic acid groups (broad SMARTS) is 1. The summed E-state index contributed by atoms with van der Waals surface area (Å²) in [4.78, 5) is 10.7. The lowest BCUT2D eigenvalue weighted by Gasteiger charge is -2.12. The van der Waals surface area contributed by atoms with Crippen LogP contribution in [-0.4, -0.2) is 44.9 Å². The maximum absolute atomic E-state index is 11.3. The molecule has 0 radical (unpaired) electrons. The van der Waals surface area contributed by atoms with Crippen LogP contribution in [0.5, 0.6) is 23.0 Å². The zero-order chi connectivity index (χ0) is 25.5. The number of hydrogen-bond donors (Lipinski definition) is 1. The van der Waals surface area contributed by atoms with Gasteiger partial charge in [-0.3, -0.25) is 4.79 Å². The molecule has 0 spiro atoms. The van der Waals surface area contributed by atoms with E-state index in [2.05, 4.69) is 0 Å². The van der Waals surface area contributed by atoms with E-state index in [0.29, 0.717) is 49.1 Å². The van der Waals surface area contributed by atoms with Crippen molar-refractivity contribution in [2.45, 2.75) is 25.9 Å². The van der Waals surface area contributed by atoms with Crippen LogP contribution in [0, 0.1) is 0 Å². The van der Waals surface area contributed by atoms with E-state index in [4.69, 9.17) is 24.1 Å². The quantitative estimate of drug-likeness (QED) is 0.375. The van der Waals surface area contributed by atoms with E-state index >= 15 is 0 Å². The minimum atomic E-state index is -3.02. The molecular weight excluding hydrogens is 484 g/mol. The van der Waals surface area contributed by atoms with E-state index in [-0.39, 0.29) is 19.0 Å². The Morgan fingerprint density at radius 2 is 1.61 bits per heavy atom. The second kappa shape index (κ2) is 11.3. The predicted octanol–water partition coefficient (Wildman–Crippen LogP) is 4.49. The van der Waals surface area contributed by atoms with Gasteiger partial charge in [0.05, 0.1) is 12.4 Å². The summed E-state index contributed by atoms with van der Waals surface area (Å²) in [5.41, 5.74) is 3.62. The minimum absolute atomic E-state index is 0.0571. The molecule has 9 heteroatoms. The number of benzene rings is 3. The molecule has 0 aliphatic carbocycles. The first-order chi connectivity index (χ1) is 17.3. The van der Waals surface area contributed by atoms with Crippen molar-refractivity contribution in [3.05, 3.63) is 71.8 Å². The highest BCUT2D eigenvalue weighted by molar-refractivity contribution is 7.90. The molecule has 0 aromatic heterocycles. The van der Waals surface area contributed by atoms with E-state index in [1.54, 1.807) is 6.07 Å². The second-order valence-corrected chi connectivity index (χ2v) is 10.8. The van der Waals surface area contributed by atoms with Crippen LogP contribution in [-0.2, 0) is 27.7 Å². The first kappa shape index (κ1) is 25.4. The summed E-state index contributed by atoms with van der Waals surface area (Å²) in [6.45, 7) is 0.696. The molecule has 0 saturated heterocycles. The fourth-order valence-electron chi connectivity index (χ4n) is 3.78. The Balaban J connectivity index is 1.42. The van der Waals surface area contributed by atoms with Gasteiger partial charge in [0.25, 0.3) is 0 Å². The Labute approximate surface area is 210 Å². The highest BCUT2D eigenvalue weighted by Gasteiger charge is 2.18. The summed E-state index contributed by atoms with van der Waals surface area (Å²) in [6.07, 6.45) is 2.20. The number of aliphatic carboxylic acids is 1. The lowest BCUT2D eigenvalue weighted by Crippen LogP contribution is -2.08. The fourth-order valence-corrected chi connectivity index (χ4v) is 4.42. The van der Waals surface area contributed by atoms with Gasteiger partial charge in [-0.1, -0.05) is 18.2 Å². The summed E-state index contributed by atoms with van der Waals surface area (Å²) < 4.78 is 45.8. The third-order valence-corrected chi connectivity index (χ3v) is 6.63. The molecule has 0 unspecified atom stereocenters. The lowest BCUT2D eigenvalue weighted by atomic mass is 10.0. The number of hydrogen-bond acceptors (Lipinski definition) is 7. The zero-order valence-corrected chi connectivity index (χ0v) is 20.8. The molecule has 0 atom stereocenters. The fraction of sp³-hybridized carbons (Fsp3) is 0.296. The Kier molecular flexibility index (Phi) is 8.00. The highest BCUT2D eigenvalue weighted by atomic mass is 32.2. The van der Waals surface area contributed by atoms with Crippen molar-refractivity contribution in [1.29, 1.82) is 0 Å². The SMILES string of the molecule is CS(=O)(=O)CCCOc1ccc2c(c1)OCOc1ccc(COc3ccc(CCC(=O)O)cc3)cc1-2.